The second-order valence-electron chi connectivity index (χ2n) is 10.3. The van der Waals surface area contributed by atoms with E-state index in [-0.39, 0.29) is 23.7 Å². The van der Waals surface area contributed by atoms with Crippen LogP contribution in [0.3, 0.4) is 0 Å². The number of nitrogens with zero attached hydrogens (tertiary/aromatic N) is 2. The highest BCUT2D eigenvalue weighted by Crippen LogP contribution is 2.48. The zero-order chi connectivity index (χ0) is 25.2. The van der Waals surface area contributed by atoms with Gasteiger partial charge in [-0.05, 0) is 50.3 Å². The Kier molecular flexibility index (Phi) is 7.65. The molecule has 1 saturated carbocycles. The van der Waals surface area contributed by atoms with E-state index in [9.17, 15) is 9.59 Å². The zero-order valence-electron chi connectivity index (χ0n) is 21.0. The van der Waals surface area contributed by atoms with Crippen LogP contribution in [0.4, 0.5) is 5.69 Å². The molecule has 2 N–H and O–H groups in total. The first-order valence-corrected chi connectivity index (χ1v) is 13.2. The Labute approximate surface area is 213 Å². The van der Waals surface area contributed by atoms with Crippen LogP contribution in [-0.4, -0.2) is 30.1 Å². The summed E-state index contributed by atoms with van der Waals surface area (Å²) in [6.07, 6.45) is 5.11. The Bertz CT molecular complexity index is 1110. The quantitative estimate of drug-likeness (QED) is 0.512. The summed E-state index contributed by atoms with van der Waals surface area (Å²) in [6.45, 7) is 6.75. The summed E-state index contributed by atoms with van der Waals surface area (Å²) < 4.78 is 0. The molecule has 0 spiro atoms. The molecule has 2 aliphatic rings. The number of benzene rings is 2. The number of primary amides is 1. The molecule has 1 aliphatic carbocycles. The third-order valence-corrected chi connectivity index (χ3v) is 7.94. The Morgan fingerprint density at radius 1 is 1.14 bits per heavy atom. The molecule has 4 rings (SSSR count). The number of rotatable bonds is 7. The first kappa shape index (κ1) is 25.4. The van der Waals surface area contributed by atoms with Crippen molar-refractivity contribution in [2.75, 3.05) is 11.4 Å². The average molecular weight is 494 g/mol. The van der Waals surface area contributed by atoms with E-state index in [0.717, 1.165) is 41.8 Å². The number of anilines is 1. The van der Waals surface area contributed by atoms with Crippen molar-refractivity contribution in [1.29, 1.82) is 0 Å². The molecule has 0 radical (unpaired) electrons. The second kappa shape index (κ2) is 10.5. The van der Waals surface area contributed by atoms with E-state index in [1.807, 2.05) is 55.5 Å². The lowest BCUT2D eigenvalue weighted by molar-refractivity contribution is -0.136. The number of hydrogen-bond acceptors (Lipinski definition) is 3. The molecule has 0 bridgehead atoms. The number of fused-ring (bicyclic) bond motifs is 1. The number of nitrogens with two attached hydrogens (primary N) is 1. The lowest BCUT2D eigenvalue weighted by Gasteiger charge is -2.44. The normalized spacial score (nSPS) is 20.7. The number of hydrogen-bond donors (Lipinski definition) is 1. The Morgan fingerprint density at radius 3 is 2.43 bits per heavy atom. The van der Waals surface area contributed by atoms with Crippen LogP contribution in [0.1, 0.15) is 70.4 Å². The maximum atomic E-state index is 14.3. The van der Waals surface area contributed by atoms with Gasteiger partial charge in [-0.1, -0.05) is 75.0 Å². The molecule has 2 amide bonds. The van der Waals surface area contributed by atoms with Gasteiger partial charge in [-0.15, -0.1) is 0 Å². The van der Waals surface area contributed by atoms with Gasteiger partial charge in [0.1, 0.15) is 6.04 Å². The summed E-state index contributed by atoms with van der Waals surface area (Å²) in [5, 5.41) is 0.592. The van der Waals surface area contributed by atoms with Gasteiger partial charge in [0.25, 0.3) is 5.91 Å². The predicted molar refractivity (Wildman–Crippen MR) is 143 cm³/mol. The molecule has 1 aliphatic heterocycles. The van der Waals surface area contributed by atoms with Crippen molar-refractivity contribution < 1.29 is 9.59 Å². The van der Waals surface area contributed by atoms with Gasteiger partial charge in [0.2, 0.25) is 5.91 Å². The summed E-state index contributed by atoms with van der Waals surface area (Å²) in [4.78, 5) is 34.4. The van der Waals surface area contributed by atoms with E-state index < -0.39 is 11.5 Å². The molecule has 186 valence electrons. The smallest absolute Gasteiger partial charge is 0.252 e. The molecular weight excluding hydrogens is 458 g/mol. The van der Waals surface area contributed by atoms with E-state index in [1.165, 1.54) is 0 Å². The fourth-order valence-electron chi connectivity index (χ4n) is 6.04. The van der Waals surface area contributed by atoms with Crippen LogP contribution in [0, 0.1) is 17.3 Å². The van der Waals surface area contributed by atoms with E-state index in [4.69, 9.17) is 22.3 Å². The van der Waals surface area contributed by atoms with Crippen LogP contribution < -0.4 is 10.6 Å². The van der Waals surface area contributed by atoms with E-state index >= 15 is 0 Å². The minimum atomic E-state index is -0.734. The molecule has 2 atom stereocenters. The molecule has 0 aromatic heterocycles. The SMILES string of the molecule is CCN1C(=O)[C@H]([C@H](CC(C)C)C2(C(N)=O)CCCCC2)N=C(c2ccccc2)c2cc(Cl)ccc21. The number of carbonyl (C=O) groups excluding carboxylic acids is 2. The number of likely N-dealkylation sites (N-methyl/N-ethyl adjacent to an activating group) is 1. The lowest BCUT2D eigenvalue weighted by atomic mass is 9.61. The van der Waals surface area contributed by atoms with Crippen LogP contribution in [-0.2, 0) is 9.59 Å². The van der Waals surface area contributed by atoms with Gasteiger partial charge >= 0.3 is 0 Å². The van der Waals surface area contributed by atoms with Crippen LogP contribution in [0.15, 0.2) is 53.5 Å². The van der Waals surface area contributed by atoms with Crippen LogP contribution in [0.5, 0.6) is 0 Å². The molecule has 2 aromatic carbocycles. The van der Waals surface area contributed by atoms with Gasteiger partial charge in [0, 0.05) is 28.6 Å². The fraction of sp³-hybridized carbons (Fsp3) is 0.483. The highest BCUT2D eigenvalue weighted by molar-refractivity contribution is 6.32. The fourth-order valence-corrected chi connectivity index (χ4v) is 6.21. The van der Waals surface area contributed by atoms with Crippen molar-refractivity contribution >= 4 is 34.8 Å². The van der Waals surface area contributed by atoms with Crippen molar-refractivity contribution in [1.82, 2.24) is 0 Å². The Balaban J connectivity index is 1.97. The summed E-state index contributed by atoms with van der Waals surface area (Å²) >= 11 is 6.44. The zero-order valence-corrected chi connectivity index (χ0v) is 21.7. The summed E-state index contributed by atoms with van der Waals surface area (Å²) in [7, 11) is 0. The minimum Gasteiger partial charge on any atom is -0.369 e. The standard InChI is InChI=1S/C29H36ClN3O2/c1-4-33-24-14-13-21(30)18-22(24)25(20-11-7-5-8-12-20)32-26(27(33)34)23(17-19(2)3)29(28(31)35)15-9-6-10-16-29/h5,7-8,11-14,18-19,23,26H,4,6,9-10,15-17H2,1-3H3,(H2,31,35)/t23-,26-/m0/s1. The number of halogens is 1. The molecule has 0 unspecified atom stereocenters. The van der Waals surface area contributed by atoms with Gasteiger partial charge in [-0.3, -0.25) is 14.6 Å². The van der Waals surface area contributed by atoms with Gasteiger partial charge in [0.15, 0.2) is 0 Å². The first-order valence-electron chi connectivity index (χ1n) is 12.8. The minimum absolute atomic E-state index is 0.0705. The molecule has 5 nitrogen and oxygen atoms in total. The van der Waals surface area contributed by atoms with Crippen molar-refractivity contribution in [3.05, 3.63) is 64.7 Å². The van der Waals surface area contributed by atoms with Crippen molar-refractivity contribution in [3.8, 4) is 0 Å². The highest BCUT2D eigenvalue weighted by Gasteiger charge is 2.51. The average Bonchev–Trinajstić information content (AvgIpc) is 2.97. The van der Waals surface area contributed by atoms with E-state index in [2.05, 4.69) is 13.8 Å². The number of carbonyl (C=O) groups is 2. The number of aliphatic imine (C=N–C) groups is 1. The maximum Gasteiger partial charge on any atom is 0.252 e. The van der Waals surface area contributed by atoms with E-state index in [1.54, 1.807) is 4.90 Å². The van der Waals surface area contributed by atoms with Crippen LogP contribution >= 0.6 is 11.6 Å². The van der Waals surface area contributed by atoms with Crippen molar-refractivity contribution in [2.45, 2.75) is 65.3 Å². The number of amides is 2. The van der Waals surface area contributed by atoms with Crippen LogP contribution in [0.25, 0.3) is 0 Å². The summed E-state index contributed by atoms with van der Waals surface area (Å²) in [5.41, 5.74) is 8.72. The van der Waals surface area contributed by atoms with Gasteiger partial charge in [-0.25, -0.2) is 0 Å². The molecule has 35 heavy (non-hydrogen) atoms. The second-order valence-corrected chi connectivity index (χ2v) is 10.8. The van der Waals surface area contributed by atoms with Gasteiger partial charge < -0.3 is 10.6 Å². The summed E-state index contributed by atoms with van der Waals surface area (Å²) in [5.74, 6) is -0.347. The largest absolute Gasteiger partial charge is 0.369 e. The molecule has 6 heteroatoms. The third kappa shape index (κ3) is 4.88. The molecular formula is C29H36ClN3O2. The monoisotopic (exact) mass is 493 g/mol. The molecule has 1 fully saturated rings. The maximum absolute atomic E-state index is 14.3. The van der Waals surface area contributed by atoms with E-state index in [0.29, 0.717) is 30.8 Å². The Hall–Kier alpha value is -2.66. The van der Waals surface area contributed by atoms with Crippen molar-refractivity contribution in [2.24, 2.45) is 28.0 Å². The molecule has 0 saturated heterocycles. The molecule has 1 heterocycles. The Morgan fingerprint density at radius 2 is 1.83 bits per heavy atom. The van der Waals surface area contributed by atoms with Crippen LogP contribution in [0.2, 0.25) is 5.02 Å². The van der Waals surface area contributed by atoms with Crippen molar-refractivity contribution in [3.63, 3.8) is 0 Å². The van der Waals surface area contributed by atoms with Gasteiger partial charge in [-0.2, -0.15) is 0 Å². The first-order chi connectivity index (χ1) is 16.8. The van der Waals surface area contributed by atoms with Gasteiger partial charge in [0.05, 0.1) is 16.8 Å². The molecule has 2 aromatic rings. The predicted octanol–water partition coefficient (Wildman–Crippen LogP) is 6.01. The summed E-state index contributed by atoms with van der Waals surface area (Å²) in [6, 6.07) is 14.8. The highest BCUT2D eigenvalue weighted by atomic mass is 35.5. The lowest BCUT2D eigenvalue weighted by Crippen LogP contribution is -2.53. The topological polar surface area (TPSA) is 75.8 Å². The number of benzodiazepines with no additional fused rings is 1. The third-order valence-electron chi connectivity index (χ3n) is 7.71.